The van der Waals surface area contributed by atoms with Crippen LogP contribution < -0.4 is 5.32 Å². The number of hydrogen-bond donors (Lipinski definition) is 2. The number of benzene rings is 1. The SMILES string of the molecule is Cl.Fc1cc(Br)cc(CNCc2cnc[nH]2)c1. The molecule has 0 atom stereocenters. The summed E-state index contributed by atoms with van der Waals surface area (Å²) in [5.41, 5.74) is 1.92. The topological polar surface area (TPSA) is 40.7 Å². The van der Waals surface area contributed by atoms with Crippen molar-refractivity contribution in [1.29, 1.82) is 0 Å². The molecule has 0 unspecified atom stereocenters. The fourth-order valence-electron chi connectivity index (χ4n) is 1.44. The van der Waals surface area contributed by atoms with E-state index >= 15 is 0 Å². The molecule has 0 aliphatic heterocycles. The Morgan fingerprint density at radius 2 is 2.12 bits per heavy atom. The molecule has 3 nitrogen and oxygen atoms in total. The second-order valence-corrected chi connectivity index (χ2v) is 4.37. The van der Waals surface area contributed by atoms with Gasteiger partial charge in [-0.3, -0.25) is 0 Å². The minimum absolute atomic E-state index is 0. The van der Waals surface area contributed by atoms with Crippen molar-refractivity contribution in [2.24, 2.45) is 0 Å². The molecule has 0 bridgehead atoms. The van der Waals surface area contributed by atoms with Crippen molar-refractivity contribution in [3.05, 3.63) is 52.3 Å². The van der Waals surface area contributed by atoms with Crippen LogP contribution in [0.3, 0.4) is 0 Å². The van der Waals surface area contributed by atoms with Gasteiger partial charge in [0.2, 0.25) is 0 Å². The number of halogens is 3. The van der Waals surface area contributed by atoms with E-state index in [0.717, 1.165) is 15.7 Å². The van der Waals surface area contributed by atoms with E-state index in [4.69, 9.17) is 0 Å². The van der Waals surface area contributed by atoms with E-state index in [2.05, 4.69) is 31.2 Å². The van der Waals surface area contributed by atoms with Crippen LogP contribution in [0.15, 0.2) is 35.2 Å². The molecule has 0 spiro atoms. The summed E-state index contributed by atoms with van der Waals surface area (Å²) in [6.45, 7) is 1.31. The average Bonchev–Trinajstić information content (AvgIpc) is 2.69. The van der Waals surface area contributed by atoms with Gasteiger partial charge in [0, 0.05) is 29.5 Å². The second-order valence-electron chi connectivity index (χ2n) is 3.46. The predicted molar refractivity (Wildman–Crippen MR) is 70.5 cm³/mol. The third-order valence-electron chi connectivity index (χ3n) is 2.12. The summed E-state index contributed by atoms with van der Waals surface area (Å²) in [5, 5.41) is 3.20. The van der Waals surface area contributed by atoms with E-state index in [1.54, 1.807) is 12.5 Å². The van der Waals surface area contributed by atoms with E-state index in [1.165, 1.54) is 12.1 Å². The number of nitrogens with one attached hydrogen (secondary N) is 2. The van der Waals surface area contributed by atoms with Gasteiger partial charge in [-0.15, -0.1) is 12.4 Å². The standard InChI is InChI=1S/C11H11BrFN3.ClH/c12-9-1-8(2-10(13)3-9)4-14-5-11-6-15-7-16-11;/h1-3,6-7,14H,4-5H2,(H,15,16);1H. The average molecular weight is 321 g/mol. The molecule has 2 N–H and O–H groups in total. The minimum atomic E-state index is -0.229. The molecule has 0 saturated carbocycles. The molecule has 0 fully saturated rings. The molecule has 17 heavy (non-hydrogen) atoms. The van der Waals surface area contributed by atoms with Crippen molar-refractivity contribution in [3.63, 3.8) is 0 Å². The van der Waals surface area contributed by atoms with Crippen LogP contribution in [0.25, 0.3) is 0 Å². The van der Waals surface area contributed by atoms with Gasteiger partial charge in [0.1, 0.15) is 5.82 Å². The molecule has 92 valence electrons. The first-order chi connectivity index (χ1) is 7.74. The summed E-state index contributed by atoms with van der Waals surface area (Å²) in [6.07, 6.45) is 3.39. The van der Waals surface area contributed by atoms with E-state index in [-0.39, 0.29) is 18.2 Å². The van der Waals surface area contributed by atoms with Gasteiger partial charge in [-0.2, -0.15) is 0 Å². The molecule has 2 aromatic rings. The fourth-order valence-corrected chi connectivity index (χ4v) is 1.95. The Morgan fingerprint density at radius 3 is 2.76 bits per heavy atom. The first-order valence-electron chi connectivity index (χ1n) is 4.87. The van der Waals surface area contributed by atoms with E-state index in [9.17, 15) is 4.39 Å². The molecule has 6 heteroatoms. The lowest BCUT2D eigenvalue weighted by molar-refractivity contribution is 0.618. The maximum atomic E-state index is 13.1. The highest BCUT2D eigenvalue weighted by molar-refractivity contribution is 9.10. The van der Waals surface area contributed by atoms with Crippen molar-refractivity contribution < 1.29 is 4.39 Å². The Balaban J connectivity index is 0.00000144. The zero-order valence-corrected chi connectivity index (χ0v) is 11.3. The number of H-pyrrole nitrogens is 1. The third kappa shape index (κ3) is 4.46. The molecule has 1 aromatic heterocycles. The molecular weight excluding hydrogens is 308 g/mol. The summed E-state index contributed by atoms with van der Waals surface area (Å²) in [5.74, 6) is -0.229. The molecule has 2 rings (SSSR count). The second kappa shape index (κ2) is 6.74. The molecule has 1 heterocycles. The quantitative estimate of drug-likeness (QED) is 0.909. The molecule has 0 saturated heterocycles. The van der Waals surface area contributed by atoms with Crippen molar-refractivity contribution in [1.82, 2.24) is 15.3 Å². The Morgan fingerprint density at radius 1 is 1.29 bits per heavy atom. The van der Waals surface area contributed by atoms with Gasteiger partial charge < -0.3 is 10.3 Å². The summed E-state index contributed by atoms with van der Waals surface area (Å²) in [6, 6.07) is 4.85. The monoisotopic (exact) mass is 319 g/mol. The van der Waals surface area contributed by atoms with E-state index in [0.29, 0.717) is 13.1 Å². The van der Waals surface area contributed by atoms with Gasteiger partial charge in [0.05, 0.1) is 6.33 Å². The fraction of sp³-hybridized carbons (Fsp3) is 0.182. The molecule has 0 aliphatic carbocycles. The van der Waals surface area contributed by atoms with Crippen molar-refractivity contribution >= 4 is 28.3 Å². The number of nitrogens with zero attached hydrogens (tertiary/aromatic N) is 1. The first-order valence-corrected chi connectivity index (χ1v) is 5.66. The van der Waals surface area contributed by atoms with Crippen LogP contribution in [-0.4, -0.2) is 9.97 Å². The zero-order valence-electron chi connectivity index (χ0n) is 8.91. The largest absolute Gasteiger partial charge is 0.347 e. The highest BCUT2D eigenvalue weighted by atomic mass is 79.9. The molecule has 0 amide bonds. The highest BCUT2D eigenvalue weighted by Gasteiger charge is 1.99. The Bertz CT molecular complexity index is 441. The van der Waals surface area contributed by atoms with Crippen LogP contribution in [0.4, 0.5) is 4.39 Å². The van der Waals surface area contributed by atoms with Crippen LogP contribution >= 0.6 is 28.3 Å². The lowest BCUT2D eigenvalue weighted by Crippen LogP contribution is -2.13. The maximum Gasteiger partial charge on any atom is 0.124 e. The van der Waals surface area contributed by atoms with E-state index in [1.807, 2.05) is 6.07 Å². The van der Waals surface area contributed by atoms with Crippen LogP contribution in [0.5, 0.6) is 0 Å². The Hall–Kier alpha value is -0.910. The van der Waals surface area contributed by atoms with Gasteiger partial charge in [-0.05, 0) is 23.8 Å². The van der Waals surface area contributed by atoms with Gasteiger partial charge in [0.15, 0.2) is 0 Å². The minimum Gasteiger partial charge on any atom is -0.347 e. The zero-order chi connectivity index (χ0) is 11.4. The van der Waals surface area contributed by atoms with Crippen LogP contribution in [0.2, 0.25) is 0 Å². The maximum absolute atomic E-state index is 13.1. The summed E-state index contributed by atoms with van der Waals surface area (Å²) >= 11 is 3.26. The normalized spacial score (nSPS) is 10.0. The van der Waals surface area contributed by atoms with Gasteiger partial charge in [0.25, 0.3) is 0 Å². The first kappa shape index (κ1) is 14.2. The van der Waals surface area contributed by atoms with Gasteiger partial charge in [-0.25, -0.2) is 9.37 Å². The highest BCUT2D eigenvalue weighted by Crippen LogP contribution is 2.14. The molecular formula is C11H12BrClFN3. The summed E-state index contributed by atoms with van der Waals surface area (Å²) in [7, 11) is 0. The van der Waals surface area contributed by atoms with Gasteiger partial charge in [-0.1, -0.05) is 15.9 Å². The van der Waals surface area contributed by atoms with Crippen molar-refractivity contribution in [2.75, 3.05) is 0 Å². The summed E-state index contributed by atoms with van der Waals surface area (Å²) < 4.78 is 13.8. The Kier molecular flexibility index (Phi) is 5.61. The van der Waals surface area contributed by atoms with Crippen LogP contribution in [0, 0.1) is 5.82 Å². The van der Waals surface area contributed by atoms with Crippen LogP contribution in [-0.2, 0) is 13.1 Å². The number of hydrogen-bond acceptors (Lipinski definition) is 2. The number of aromatic nitrogens is 2. The number of rotatable bonds is 4. The Labute approximate surface area is 113 Å². The predicted octanol–water partition coefficient (Wildman–Crippen LogP) is 3.02. The van der Waals surface area contributed by atoms with Crippen molar-refractivity contribution in [3.8, 4) is 0 Å². The lowest BCUT2D eigenvalue weighted by atomic mass is 10.2. The third-order valence-corrected chi connectivity index (χ3v) is 2.58. The molecule has 0 aliphatic rings. The molecule has 0 radical (unpaired) electrons. The molecule has 1 aromatic carbocycles. The smallest absolute Gasteiger partial charge is 0.124 e. The van der Waals surface area contributed by atoms with Gasteiger partial charge >= 0.3 is 0 Å². The van der Waals surface area contributed by atoms with Crippen molar-refractivity contribution in [2.45, 2.75) is 13.1 Å². The summed E-state index contributed by atoms with van der Waals surface area (Å²) in [4.78, 5) is 6.90. The lowest BCUT2D eigenvalue weighted by Gasteiger charge is -2.04. The van der Waals surface area contributed by atoms with E-state index < -0.39 is 0 Å². The van der Waals surface area contributed by atoms with Crippen LogP contribution in [0.1, 0.15) is 11.3 Å². The number of imidazole rings is 1. The number of aromatic amines is 1.